The summed E-state index contributed by atoms with van der Waals surface area (Å²) >= 11 is 0. The van der Waals surface area contributed by atoms with Crippen LogP contribution in [0.3, 0.4) is 0 Å². The molecule has 0 saturated carbocycles. The van der Waals surface area contributed by atoms with Gasteiger partial charge >= 0.3 is 31.3 Å². The highest BCUT2D eigenvalue weighted by Crippen LogP contribution is 2.68. The first-order valence-corrected chi connectivity index (χ1v) is 27.9. The first-order valence-electron chi connectivity index (χ1n) is 22.0. The summed E-state index contributed by atoms with van der Waals surface area (Å²) in [4.78, 5) is 108. The number of methoxy groups -OCH3 is 2. The molecule has 0 bridgehead atoms. The molecule has 17 N–H and O–H groups in total. The van der Waals surface area contributed by atoms with Gasteiger partial charge in [0.05, 0.1) is 32.5 Å². The van der Waals surface area contributed by atoms with Crippen molar-refractivity contribution in [1.82, 2.24) is 49.0 Å². The zero-order valence-corrected chi connectivity index (χ0v) is 43.6. The second kappa shape index (κ2) is 22.6. The number of phosphoric ester groups is 3. The molecule has 0 amide bonds. The van der Waals surface area contributed by atoms with Gasteiger partial charge in [0.1, 0.15) is 60.6 Å². The maximum Gasteiger partial charge on any atom is 0.490 e. The lowest BCUT2D eigenvalue weighted by atomic mass is 10.1. The Morgan fingerprint density at radius 2 is 1.14 bits per heavy atom. The number of nitrogen functional groups attached to an aromatic ring is 3. The molecule has 5 aromatic heterocycles. The Morgan fingerprint density at radius 1 is 0.667 bits per heavy atom. The summed E-state index contributed by atoms with van der Waals surface area (Å²) in [6.45, 7) is 0.232. The summed E-state index contributed by atoms with van der Waals surface area (Å²) in [5.74, 6) is -1.26. The van der Waals surface area contributed by atoms with Crippen LogP contribution in [0.4, 0.5) is 29.4 Å². The zero-order valence-electron chi connectivity index (χ0n) is 40.1. The minimum atomic E-state index is -6.23. The minimum absolute atomic E-state index is 0.149. The van der Waals surface area contributed by atoms with Crippen LogP contribution in [0, 0.1) is 0 Å². The normalized spacial score (nSPS) is 29.5. The fraction of sp³-hybridized carbons (Fsp3) is 0.529. The molecule has 3 saturated heterocycles. The fourth-order valence-electron chi connectivity index (χ4n) is 8.39. The van der Waals surface area contributed by atoms with E-state index in [0.717, 1.165) is 47.1 Å². The second-order valence-corrected chi connectivity index (χ2v) is 22.6. The summed E-state index contributed by atoms with van der Waals surface area (Å²) in [6, 6.07) is 0. The summed E-state index contributed by atoms with van der Waals surface area (Å²) in [5, 5.41) is 35.5. The number of anilines is 5. The van der Waals surface area contributed by atoms with E-state index >= 15 is 0 Å². The Bertz CT molecular complexity index is 3430. The molecule has 8 rings (SSSR count). The van der Waals surface area contributed by atoms with E-state index in [1.165, 1.54) is 7.05 Å². The van der Waals surface area contributed by atoms with Gasteiger partial charge in [-0.15, -0.1) is 0 Å². The third-order valence-corrected chi connectivity index (χ3v) is 16.9. The van der Waals surface area contributed by atoms with Gasteiger partial charge in [-0.2, -0.15) is 23.6 Å². The average Bonchev–Trinajstić information content (AvgIpc) is 4.37. The number of aromatic amines is 3. The Hall–Kier alpha value is -5.48. The molecule has 3 fully saturated rings. The van der Waals surface area contributed by atoms with E-state index in [9.17, 15) is 67.5 Å². The number of H-pyrrole nitrogens is 3. The van der Waals surface area contributed by atoms with Crippen LogP contribution < -0.4 is 44.1 Å². The van der Waals surface area contributed by atoms with E-state index < -0.39 is 147 Å². The van der Waals surface area contributed by atoms with Crippen molar-refractivity contribution in [3.8, 4) is 0 Å². The van der Waals surface area contributed by atoms with E-state index in [4.69, 9.17) is 59.0 Å². The van der Waals surface area contributed by atoms with Gasteiger partial charge in [-0.05, 0) is 0 Å². The molecule has 40 nitrogen and oxygen atoms in total. The first-order chi connectivity index (χ1) is 36.6. The molecule has 0 spiro atoms. The number of ether oxygens (including phenoxy) is 5. The number of nitrogens with one attached hydrogen (secondary N) is 4. The smallest absolute Gasteiger partial charge is 0.387 e. The van der Waals surface area contributed by atoms with Crippen molar-refractivity contribution in [2.75, 3.05) is 68.5 Å². The molecule has 430 valence electrons. The van der Waals surface area contributed by atoms with Gasteiger partial charge in [0.25, 0.3) is 16.7 Å². The van der Waals surface area contributed by atoms with E-state index in [1.807, 2.05) is 0 Å². The third-order valence-electron chi connectivity index (χ3n) is 11.7. The fourth-order valence-corrected chi connectivity index (χ4v) is 12.9. The summed E-state index contributed by atoms with van der Waals surface area (Å²) in [5.41, 5.74) is 13.7. The number of phosphoric acid groups is 4. The highest BCUT2D eigenvalue weighted by Gasteiger charge is 2.54. The van der Waals surface area contributed by atoms with Crippen LogP contribution in [0.5, 0.6) is 0 Å². The lowest BCUT2D eigenvalue weighted by Crippen LogP contribution is -2.43. The average molecular weight is 1190 g/mol. The zero-order chi connectivity index (χ0) is 57.0. The molecule has 0 radical (unpaired) electrons. The number of hydrogen-bond donors (Lipinski definition) is 14. The first kappa shape index (κ1) is 58.7. The Balaban J connectivity index is 0.946. The van der Waals surface area contributed by atoms with Crippen LogP contribution in [-0.4, -0.2) is 186 Å². The number of aliphatic hydroxyl groups excluding tert-OH is 3. The predicted octanol–water partition coefficient (Wildman–Crippen LogP) is -3.72. The van der Waals surface area contributed by atoms with Crippen LogP contribution in [0.1, 0.15) is 12.5 Å². The van der Waals surface area contributed by atoms with Crippen LogP contribution >= 0.6 is 31.3 Å². The van der Waals surface area contributed by atoms with Crippen molar-refractivity contribution in [3.63, 3.8) is 0 Å². The van der Waals surface area contributed by atoms with Gasteiger partial charge in [0, 0.05) is 27.5 Å². The molecular formula is C34H49N15O25P4. The molecule has 16 atom stereocenters. The van der Waals surface area contributed by atoms with E-state index in [-0.39, 0.29) is 45.7 Å². The van der Waals surface area contributed by atoms with E-state index in [1.54, 1.807) is 0 Å². The number of aromatic nitrogens is 10. The largest absolute Gasteiger partial charge is 0.490 e. The highest BCUT2D eigenvalue weighted by atomic mass is 31.3. The SMILES string of the molecule is C=CN(c1nc(N)[nH]c(=O)c1NC)[C@@H]1O[C@H](COP(=O)(O)OP(=O)(O)OP(=O)(O)OC[C@H]2O[C@@H](n3cnc4c(=O)[nH]c(N)nc43)C(OC)C2OP(=O)(O)OC[C@H]2O[C@@H](n3cnc4c(=O)[nH]c(N)nc43)C(O)C2O)C(OC)C1O. The van der Waals surface area contributed by atoms with Gasteiger partial charge in [0.2, 0.25) is 17.8 Å². The topological polar surface area (TPSA) is 578 Å². The summed E-state index contributed by atoms with van der Waals surface area (Å²) in [7, 11) is -20.1. The van der Waals surface area contributed by atoms with Crippen molar-refractivity contribution in [2.24, 2.45) is 0 Å². The van der Waals surface area contributed by atoms with Gasteiger partial charge in [0.15, 0.2) is 46.8 Å². The van der Waals surface area contributed by atoms with Crippen LogP contribution in [-0.2, 0) is 68.7 Å². The Morgan fingerprint density at radius 3 is 1.67 bits per heavy atom. The van der Waals surface area contributed by atoms with Crippen LogP contribution in [0.25, 0.3) is 22.3 Å². The predicted molar refractivity (Wildman–Crippen MR) is 257 cm³/mol. The monoisotopic (exact) mass is 1190 g/mol. The van der Waals surface area contributed by atoms with Crippen molar-refractivity contribution in [1.29, 1.82) is 0 Å². The van der Waals surface area contributed by atoms with Crippen molar-refractivity contribution < 1.29 is 104 Å². The van der Waals surface area contributed by atoms with Gasteiger partial charge in [-0.25, -0.2) is 28.2 Å². The number of hydrogen-bond acceptors (Lipinski definition) is 31. The van der Waals surface area contributed by atoms with Gasteiger partial charge in [-0.3, -0.25) is 56.6 Å². The number of nitrogens with zero attached hydrogens (tertiary/aromatic N) is 8. The standard InChI is InChI=1S/C34H49N15O25P4/c1-5-47(23-14(38-2)26(53)44-32(35)41-23)30-19(52)20(64-3)12(70-30)7-67-76(58,59)73-78(62,63)74-77(60,61)68-8-13-21(22(65-4)31(71-13)49-10-40-16-25(49)43-34(37)46-28(16)55)72-75(56,57)66-6-11-17(50)18(51)29(69-11)48-9-39-15-24(48)42-33(36)45-27(15)54/h5,9-13,17-22,29-31,38,50-52H,1,6-8H2,2-4H3,(H,56,57)(H,58,59)(H,60,61)(H,62,63)(H3,35,41,44,53)(H3,36,42,45,54)(H3,37,43,46,55)/t11-,12-,13-,17?,18?,19?,20?,21?,22?,29-,30-,31-/m1/s1. The maximum absolute atomic E-state index is 13.7. The lowest BCUT2D eigenvalue weighted by molar-refractivity contribution is -0.0581. The molecule has 3 aliphatic heterocycles. The van der Waals surface area contributed by atoms with Gasteiger partial charge in [-0.1, -0.05) is 6.58 Å². The van der Waals surface area contributed by atoms with E-state index in [0.29, 0.717) is 0 Å². The molecule has 44 heteroatoms. The molecule has 3 aliphatic rings. The molecule has 0 aromatic carbocycles. The number of nitrogens with two attached hydrogens (primary N) is 3. The van der Waals surface area contributed by atoms with Crippen molar-refractivity contribution >= 4 is 83.0 Å². The van der Waals surface area contributed by atoms with E-state index in [2.05, 4.69) is 60.4 Å². The van der Waals surface area contributed by atoms with Crippen LogP contribution in [0.2, 0.25) is 0 Å². The maximum atomic E-state index is 13.7. The lowest BCUT2D eigenvalue weighted by Gasteiger charge is -2.29. The molecule has 10 unspecified atom stereocenters. The molecular weight excluding hydrogens is 1140 g/mol. The summed E-state index contributed by atoms with van der Waals surface area (Å²) in [6.07, 6.45) is -16.8. The number of aliphatic hydroxyl groups is 3. The third kappa shape index (κ3) is 12.1. The highest BCUT2D eigenvalue weighted by molar-refractivity contribution is 7.66. The second-order valence-electron chi connectivity index (χ2n) is 16.6. The number of imidazole rings is 2. The minimum Gasteiger partial charge on any atom is -0.387 e. The summed E-state index contributed by atoms with van der Waals surface area (Å²) < 4.78 is 112. The molecule has 0 aliphatic carbocycles. The van der Waals surface area contributed by atoms with Crippen LogP contribution in [0.15, 0.2) is 39.8 Å². The Labute approximate surface area is 433 Å². The quantitative estimate of drug-likeness (QED) is 0.0280. The molecule has 5 aromatic rings. The molecule has 78 heavy (non-hydrogen) atoms. The molecule has 8 heterocycles. The van der Waals surface area contributed by atoms with Gasteiger partial charge < -0.3 is 86.0 Å². The van der Waals surface area contributed by atoms with Crippen molar-refractivity contribution in [2.45, 2.75) is 73.6 Å². The number of rotatable bonds is 23. The van der Waals surface area contributed by atoms with Crippen molar-refractivity contribution in [3.05, 3.63) is 56.5 Å². The number of fused-ring (bicyclic) bond motifs is 2. The Kier molecular flexibility index (Phi) is 17.0.